The maximum Gasteiger partial charge on any atom is 0.259 e. The quantitative estimate of drug-likeness (QED) is 0.199. The highest BCUT2D eigenvalue weighted by Gasteiger charge is 2.48. The molecule has 0 radical (unpaired) electrons. The molecular weight excluding hydrogens is 796 g/mol. The average molecular weight is 845 g/mol. The molecule has 2 aromatic carbocycles. The Morgan fingerprint density at radius 3 is 1.74 bits per heavy atom. The van der Waals surface area contributed by atoms with Gasteiger partial charge in [-0.25, -0.2) is 9.97 Å². The molecule has 2 amide bonds. The van der Waals surface area contributed by atoms with Gasteiger partial charge in [0.15, 0.2) is 22.8 Å². The zero-order chi connectivity index (χ0) is 43.2. The van der Waals surface area contributed by atoms with Crippen LogP contribution in [0.2, 0.25) is 5.02 Å². The molecule has 0 bridgehead atoms. The molecule has 0 aliphatic carbocycles. The first kappa shape index (κ1) is 41.9. The first-order valence-corrected chi connectivity index (χ1v) is 21.1. The second-order valence-electron chi connectivity index (χ2n) is 16.8. The summed E-state index contributed by atoms with van der Waals surface area (Å²) in [5.41, 5.74) is 2.14. The molecular formula is C46H49ClN8O6. The van der Waals surface area contributed by atoms with E-state index in [1.54, 1.807) is 92.1 Å². The van der Waals surface area contributed by atoms with E-state index in [4.69, 9.17) is 26.3 Å². The van der Waals surface area contributed by atoms with Crippen molar-refractivity contribution in [1.82, 2.24) is 20.6 Å². The van der Waals surface area contributed by atoms with E-state index in [1.807, 2.05) is 26.0 Å². The minimum absolute atomic E-state index is 0.119. The topological polar surface area (TPSA) is 168 Å². The largest absolute Gasteiger partial charge is 0.381 e. The fourth-order valence-corrected chi connectivity index (χ4v) is 8.62. The smallest absolute Gasteiger partial charge is 0.259 e. The Labute approximate surface area is 359 Å². The Hall–Kier alpha value is -5.83. The van der Waals surface area contributed by atoms with Gasteiger partial charge in [0.1, 0.15) is 5.82 Å². The number of hydrogen-bond donors (Lipinski definition) is 2. The number of pyridine rings is 2. The van der Waals surface area contributed by atoms with Gasteiger partial charge in [-0.05, 0) is 128 Å². The molecule has 4 aliphatic rings. The average Bonchev–Trinajstić information content (AvgIpc) is 3.72. The van der Waals surface area contributed by atoms with Crippen LogP contribution in [0.1, 0.15) is 101 Å². The number of carbonyl (C=O) groups is 4. The number of anilines is 2. The molecule has 0 spiro atoms. The van der Waals surface area contributed by atoms with Gasteiger partial charge in [-0.3, -0.25) is 29.0 Å². The number of halogens is 1. The maximum absolute atomic E-state index is 14.5. The third-order valence-corrected chi connectivity index (χ3v) is 12.2. The van der Waals surface area contributed by atoms with E-state index in [9.17, 15) is 19.2 Å². The summed E-state index contributed by atoms with van der Waals surface area (Å²) in [5.74, 6) is -0.192. The summed E-state index contributed by atoms with van der Waals surface area (Å²) in [6.45, 7) is 13.4. The highest BCUT2D eigenvalue weighted by molar-refractivity contribution is 6.50. The van der Waals surface area contributed by atoms with Gasteiger partial charge >= 0.3 is 0 Å². The molecule has 2 aromatic heterocycles. The number of Topliss-reactive ketones (excluding diaryl/α,β-unsaturated/α-hetero) is 2. The number of amides is 2. The molecule has 3 unspecified atom stereocenters. The molecule has 316 valence electrons. The molecule has 15 heteroatoms. The van der Waals surface area contributed by atoms with Crippen molar-refractivity contribution in [2.24, 2.45) is 10.3 Å². The van der Waals surface area contributed by atoms with E-state index < -0.39 is 11.2 Å². The standard InChI is InChI=1S/C46H49ClN8O6/c1-26-23-35(28(3)51-41(26)54(33-9-7-21-48-24-33)43(58)31-16-12-29(13-17-31)37-39(56)45(4,5)60-52-37)46(6)40(57)38(53-61-46)30-14-18-32(19-15-30)44(59)55(34-10-8-22-49-25-34)42-36(47)20-11-27(2)50-42/h11-20,23,33-34,48-49H,7-10,21-22,24-25H2,1-6H3. The zero-order valence-electron chi connectivity index (χ0n) is 35.2. The summed E-state index contributed by atoms with van der Waals surface area (Å²) in [6.07, 6.45) is 3.36. The van der Waals surface area contributed by atoms with Crippen LogP contribution in [0, 0.1) is 20.8 Å². The molecule has 2 saturated heterocycles. The Bertz CT molecular complexity index is 2470. The first-order valence-electron chi connectivity index (χ1n) is 20.7. The minimum Gasteiger partial charge on any atom is -0.381 e. The SMILES string of the molecule is Cc1ccc(Cl)c(N(C(=O)c2ccc(C3=NOC(C)(c4cc(C)c(N(C(=O)c5ccc(C6=NOC(C)(C)C6=O)cc5)C5CCCNC5)nc4C)C3=O)cc2)C2CCCNC2)n1. The molecule has 2 N–H and O–H groups in total. The highest BCUT2D eigenvalue weighted by Crippen LogP contribution is 2.38. The van der Waals surface area contributed by atoms with E-state index in [-0.39, 0.29) is 46.9 Å². The summed E-state index contributed by atoms with van der Waals surface area (Å²) in [6, 6.07) is 18.6. The van der Waals surface area contributed by atoms with Crippen molar-refractivity contribution in [1.29, 1.82) is 0 Å². The van der Waals surface area contributed by atoms with Gasteiger partial charge in [0.05, 0.1) is 17.1 Å². The predicted octanol–water partition coefficient (Wildman–Crippen LogP) is 6.15. The lowest BCUT2D eigenvalue weighted by atomic mass is 9.86. The summed E-state index contributed by atoms with van der Waals surface area (Å²) in [7, 11) is 0. The molecule has 2 fully saturated rings. The molecule has 8 rings (SSSR count). The lowest BCUT2D eigenvalue weighted by Crippen LogP contribution is -2.49. The summed E-state index contributed by atoms with van der Waals surface area (Å²) >= 11 is 6.62. The molecule has 61 heavy (non-hydrogen) atoms. The Morgan fingerprint density at radius 2 is 1.23 bits per heavy atom. The minimum atomic E-state index is -1.50. The third kappa shape index (κ3) is 7.84. The van der Waals surface area contributed by atoms with E-state index in [0.717, 1.165) is 44.5 Å². The van der Waals surface area contributed by atoms with Crippen LogP contribution < -0.4 is 20.4 Å². The number of aromatic nitrogens is 2. The molecule has 0 saturated carbocycles. The number of nitrogens with zero attached hydrogens (tertiary/aromatic N) is 6. The lowest BCUT2D eigenvalue weighted by molar-refractivity contribution is -0.131. The zero-order valence-corrected chi connectivity index (χ0v) is 35.9. The fourth-order valence-electron chi connectivity index (χ4n) is 8.42. The van der Waals surface area contributed by atoms with E-state index in [2.05, 4.69) is 25.9 Å². The first-order chi connectivity index (χ1) is 29.2. The van der Waals surface area contributed by atoms with E-state index in [1.165, 1.54) is 0 Å². The second kappa shape index (κ2) is 16.6. The van der Waals surface area contributed by atoms with Crippen molar-refractivity contribution in [3.63, 3.8) is 0 Å². The van der Waals surface area contributed by atoms with Gasteiger partial charge in [-0.15, -0.1) is 0 Å². The molecule has 14 nitrogen and oxygen atoms in total. The van der Waals surface area contributed by atoms with Crippen LogP contribution in [-0.4, -0.2) is 88.6 Å². The van der Waals surface area contributed by atoms with Crippen LogP contribution in [0.15, 0.2) is 77.0 Å². The highest BCUT2D eigenvalue weighted by atomic mass is 35.5. The Morgan fingerprint density at radius 1 is 0.705 bits per heavy atom. The Balaban J connectivity index is 1.04. The molecule has 4 aromatic rings. The second-order valence-corrected chi connectivity index (χ2v) is 17.2. The van der Waals surface area contributed by atoms with Crippen LogP contribution in [0.5, 0.6) is 0 Å². The van der Waals surface area contributed by atoms with Gasteiger partial charge in [-0.2, -0.15) is 0 Å². The van der Waals surface area contributed by atoms with Gasteiger partial charge < -0.3 is 20.3 Å². The van der Waals surface area contributed by atoms with Gasteiger partial charge in [0, 0.05) is 52.3 Å². The number of hydrogen-bond acceptors (Lipinski definition) is 12. The molecule has 4 aliphatic heterocycles. The number of oxime groups is 2. The van der Waals surface area contributed by atoms with Crippen molar-refractivity contribution < 1.29 is 28.9 Å². The number of ketones is 2. The lowest BCUT2D eigenvalue weighted by Gasteiger charge is -2.35. The molecule has 6 heterocycles. The summed E-state index contributed by atoms with van der Waals surface area (Å²) in [4.78, 5) is 80.2. The maximum atomic E-state index is 14.5. The molecule has 3 atom stereocenters. The van der Waals surface area contributed by atoms with Crippen molar-refractivity contribution >= 4 is 58.0 Å². The van der Waals surface area contributed by atoms with Crippen LogP contribution in [0.25, 0.3) is 0 Å². The van der Waals surface area contributed by atoms with Gasteiger partial charge in [0.25, 0.3) is 11.8 Å². The van der Waals surface area contributed by atoms with E-state index in [0.29, 0.717) is 68.8 Å². The summed E-state index contributed by atoms with van der Waals surface area (Å²) in [5, 5.41) is 15.5. The van der Waals surface area contributed by atoms with Gasteiger partial charge in [0.2, 0.25) is 17.2 Å². The van der Waals surface area contributed by atoms with Crippen LogP contribution >= 0.6 is 11.6 Å². The third-order valence-electron chi connectivity index (χ3n) is 11.9. The number of benzene rings is 2. The number of aryl methyl sites for hydroxylation is 3. The fraction of sp³-hybridized carbons (Fsp3) is 0.391. The van der Waals surface area contributed by atoms with Crippen LogP contribution in [0.3, 0.4) is 0 Å². The van der Waals surface area contributed by atoms with Crippen LogP contribution in [0.4, 0.5) is 11.6 Å². The predicted molar refractivity (Wildman–Crippen MR) is 233 cm³/mol. The van der Waals surface area contributed by atoms with Crippen molar-refractivity contribution in [2.75, 3.05) is 36.0 Å². The number of piperidine rings is 2. The van der Waals surface area contributed by atoms with Crippen molar-refractivity contribution in [3.05, 3.63) is 117 Å². The van der Waals surface area contributed by atoms with Crippen molar-refractivity contribution in [3.8, 4) is 0 Å². The normalized spacial score (nSPS) is 22.2. The number of rotatable bonds is 9. The number of carbonyl (C=O) groups excluding carboxylic acids is 4. The van der Waals surface area contributed by atoms with Crippen molar-refractivity contribution in [2.45, 2.75) is 90.5 Å². The monoisotopic (exact) mass is 844 g/mol. The summed E-state index contributed by atoms with van der Waals surface area (Å²) < 4.78 is 0. The van der Waals surface area contributed by atoms with Crippen LogP contribution in [-0.2, 0) is 24.9 Å². The van der Waals surface area contributed by atoms with Gasteiger partial charge in [-0.1, -0.05) is 46.2 Å². The number of nitrogens with one attached hydrogen (secondary N) is 2. The van der Waals surface area contributed by atoms with E-state index >= 15 is 0 Å². The Kier molecular flexibility index (Phi) is 11.4.